The summed E-state index contributed by atoms with van der Waals surface area (Å²) in [6.07, 6.45) is 0.922. The molecule has 15 heavy (non-hydrogen) atoms. The summed E-state index contributed by atoms with van der Waals surface area (Å²) in [5, 5.41) is 17.0. The quantitative estimate of drug-likeness (QED) is 0.666. The molecule has 1 heterocycles. The van der Waals surface area contributed by atoms with Crippen LogP contribution in [-0.2, 0) is 11.2 Å². The summed E-state index contributed by atoms with van der Waals surface area (Å²) in [6, 6.07) is 0. The largest absolute Gasteiger partial charge is 0.481 e. The van der Waals surface area contributed by atoms with Gasteiger partial charge in [-0.2, -0.15) is 0 Å². The van der Waals surface area contributed by atoms with Crippen molar-refractivity contribution in [3.8, 4) is 0 Å². The molecule has 0 fully saturated rings. The highest BCUT2D eigenvalue weighted by atomic mass is 16.4. The number of aliphatic carboxylic acids is 1. The van der Waals surface area contributed by atoms with Gasteiger partial charge in [0, 0.05) is 12.6 Å². The fraction of sp³-hybridized carbons (Fsp3) is 0.375. The lowest BCUT2D eigenvalue weighted by Crippen LogP contribution is -2.09. The molecule has 7 nitrogen and oxygen atoms in total. The van der Waals surface area contributed by atoms with Crippen LogP contribution in [0.5, 0.6) is 0 Å². The Morgan fingerprint density at radius 1 is 1.47 bits per heavy atom. The molecule has 1 rings (SSSR count). The minimum absolute atomic E-state index is 0.0276. The average molecular weight is 213 g/mol. The number of anilines is 1. The average Bonchev–Trinajstić information content (AvgIpc) is 2.46. The Hall–Kier alpha value is -2.05. The number of carboxylic acids is 1. The fourth-order valence-electron chi connectivity index (χ4n) is 1.14. The van der Waals surface area contributed by atoms with Crippen LogP contribution in [0.15, 0.2) is 6.20 Å². The molecular weight excluding hydrogens is 202 g/mol. The molecule has 0 saturated heterocycles. The number of imidazole rings is 1. The molecule has 0 unspecified atom stereocenters. The first kappa shape index (κ1) is 11.0. The van der Waals surface area contributed by atoms with Gasteiger partial charge in [-0.1, -0.05) is 0 Å². The van der Waals surface area contributed by atoms with Crippen LogP contribution in [0.2, 0.25) is 0 Å². The zero-order valence-electron chi connectivity index (χ0n) is 7.88. The lowest BCUT2D eigenvalue weighted by Gasteiger charge is -1.93. The van der Waals surface area contributed by atoms with Crippen LogP contribution in [-0.4, -0.2) is 31.8 Å². The lowest BCUT2D eigenvalue weighted by atomic mass is 10.2. The molecule has 82 valence electrons. The van der Waals surface area contributed by atoms with Crippen molar-refractivity contribution in [2.24, 2.45) is 0 Å². The van der Waals surface area contributed by atoms with Gasteiger partial charge in [0.1, 0.15) is 0 Å². The monoisotopic (exact) mass is 213 g/mol. The van der Waals surface area contributed by atoms with Crippen molar-refractivity contribution in [3.63, 3.8) is 0 Å². The smallest absolute Gasteiger partial charge is 0.418 e. The van der Waals surface area contributed by atoms with Crippen molar-refractivity contribution >= 4 is 18.0 Å². The summed E-state index contributed by atoms with van der Waals surface area (Å²) in [7, 11) is 0. The Labute approximate surface area is 85.1 Å². The van der Waals surface area contributed by atoms with E-state index in [1.807, 2.05) is 0 Å². The number of carboxylic acid groups (broad SMARTS) is 2. The van der Waals surface area contributed by atoms with Gasteiger partial charge in [-0.3, -0.25) is 4.79 Å². The van der Waals surface area contributed by atoms with E-state index in [0.29, 0.717) is 18.5 Å². The van der Waals surface area contributed by atoms with Gasteiger partial charge in [-0.25, -0.2) is 14.3 Å². The van der Waals surface area contributed by atoms with Crippen LogP contribution < -0.4 is 5.73 Å². The van der Waals surface area contributed by atoms with Crippen molar-refractivity contribution in [1.82, 2.24) is 9.55 Å². The number of nitrogen functional groups attached to an aromatic ring is 1. The van der Waals surface area contributed by atoms with E-state index in [1.54, 1.807) is 0 Å². The van der Waals surface area contributed by atoms with Crippen molar-refractivity contribution in [2.75, 3.05) is 5.73 Å². The molecule has 7 heteroatoms. The maximum atomic E-state index is 10.6. The third-order valence-electron chi connectivity index (χ3n) is 1.81. The molecule has 0 aliphatic rings. The highest BCUT2D eigenvalue weighted by Gasteiger charge is 2.10. The van der Waals surface area contributed by atoms with Gasteiger partial charge in [0.25, 0.3) is 0 Å². The minimum atomic E-state index is -1.20. The number of aryl methyl sites for hydroxylation is 1. The first-order valence-corrected chi connectivity index (χ1v) is 4.29. The van der Waals surface area contributed by atoms with Gasteiger partial charge >= 0.3 is 12.1 Å². The maximum Gasteiger partial charge on any atom is 0.418 e. The molecule has 0 aliphatic carbocycles. The second-order valence-electron chi connectivity index (χ2n) is 2.99. The molecule has 0 aromatic carbocycles. The number of hydrogen-bond acceptors (Lipinski definition) is 4. The second kappa shape index (κ2) is 4.45. The summed E-state index contributed by atoms with van der Waals surface area (Å²) < 4.78 is 0.802. The van der Waals surface area contributed by atoms with E-state index in [-0.39, 0.29) is 12.4 Å². The summed E-state index contributed by atoms with van der Waals surface area (Å²) in [4.78, 5) is 24.6. The Bertz CT molecular complexity index is 385. The normalized spacial score (nSPS) is 10.1. The minimum Gasteiger partial charge on any atom is -0.481 e. The molecule has 0 spiro atoms. The third-order valence-corrected chi connectivity index (χ3v) is 1.81. The van der Waals surface area contributed by atoms with Gasteiger partial charge in [-0.15, -0.1) is 0 Å². The standard InChI is InChI=1S/C8H11N3O4/c9-7-10-5(2-1-3-6(12)13)4-11(7)8(14)15/h4H,1-3H2,(H2,9,10)(H,12,13)(H,14,15). The van der Waals surface area contributed by atoms with Crippen LogP contribution in [0.25, 0.3) is 0 Å². The van der Waals surface area contributed by atoms with E-state index in [0.717, 1.165) is 4.57 Å². The van der Waals surface area contributed by atoms with E-state index >= 15 is 0 Å². The molecule has 1 aromatic rings. The van der Waals surface area contributed by atoms with Crippen molar-refractivity contribution < 1.29 is 19.8 Å². The van der Waals surface area contributed by atoms with Gasteiger partial charge in [-0.05, 0) is 12.8 Å². The Morgan fingerprint density at radius 2 is 2.13 bits per heavy atom. The van der Waals surface area contributed by atoms with Gasteiger partial charge < -0.3 is 15.9 Å². The Kier molecular flexibility index (Phi) is 3.27. The molecule has 0 saturated carbocycles. The van der Waals surface area contributed by atoms with E-state index in [2.05, 4.69) is 4.98 Å². The summed E-state index contributed by atoms with van der Waals surface area (Å²) in [5.41, 5.74) is 5.81. The molecule has 4 N–H and O–H groups in total. The Balaban J connectivity index is 2.59. The maximum absolute atomic E-state index is 10.6. The van der Waals surface area contributed by atoms with Crippen LogP contribution in [0.3, 0.4) is 0 Å². The van der Waals surface area contributed by atoms with E-state index in [1.165, 1.54) is 6.20 Å². The van der Waals surface area contributed by atoms with Crippen molar-refractivity contribution in [3.05, 3.63) is 11.9 Å². The first-order chi connectivity index (χ1) is 7.00. The predicted molar refractivity (Wildman–Crippen MR) is 50.6 cm³/mol. The van der Waals surface area contributed by atoms with Gasteiger partial charge in [0.15, 0.2) is 0 Å². The fourth-order valence-corrected chi connectivity index (χ4v) is 1.14. The van der Waals surface area contributed by atoms with Crippen LogP contribution >= 0.6 is 0 Å². The molecule has 1 aromatic heterocycles. The first-order valence-electron chi connectivity index (χ1n) is 4.29. The van der Waals surface area contributed by atoms with Crippen LogP contribution in [0.4, 0.5) is 10.7 Å². The van der Waals surface area contributed by atoms with Crippen molar-refractivity contribution in [2.45, 2.75) is 19.3 Å². The highest BCUT2D eigenvalue weighted by Crippen LogP contribution is 2.08. The lowest BCUT2D eigenvalue weighted by molar-refractivity contribution is -0.137. The number of nitrogens with zero attached hydrogens (tertiary/aromatic N) is 2. The third kappa shape index (κ3) is 2.97. The topological polar surface area (TPSA) is 118 Å². The number of nitrogens with two attached hydrogens (primary N) is 1. The zero-order valence-corrected chi connectivity index (χ0v) is 7.88. The molecule has 0 aliphatic heterocycles. The molecule has 0 bridgehead atoms. The van der Waals surface area contributed by atoms with Crippen LogP contribution in [0.1, 0.15) is 18.5 Å². The van der Waals surface area contributed by atoms with Crippen molar-refractivity contribution in [1.29, 1.82) is 0 Å². The van der Waals surface area contributed by atoms with E-state index in [4.69, 9.17) is 15.9 Å². The summed E-state index contributed by atoms with van der Waals surface area (Å²) >= 11 is 0. The van der Waals surface area contributed by atoms with E-state index in [9.17, 15) is 9.59 Å². The number of hydrogen-bond donors (Lipinski definition) is 3. The van der Waals surface area contributed by atoms with Crippen LogP contribution in [0, 0.1) is 0 Å². The SMILES string of the molecule is Nc1nc(CCCC(=O)O)cn1C(=O)O. The zero-order chi connectivity index (χ0) is 11.4. The molecular formula is C8H11N3O4. The number of rotatable bonds is 4. The second-order valence-corrected chi connectivity index (χ2v) is 2.99. The summed E-state index contributed by atoms with van der Waals surface area (Å²) in [6.45, 7) is 0. The number of carbonyl (C=O) groups is 2. The number of aromatic nitrogens is 2. The molecule has 0 radical (unpaired) electrons. The predicted octanol–water partition coefficient (Wildman–Crippen LogP) is 0.399. The summed E-state index contributed by atoms with van der Waals surface area (Å²) in [5.74, 6) is -0.992. The van der Waals surface area contributed by atoms with Gasteiger partial charge in [0.2, 0.25) is 5.95 Å². The molecule has 0 atom stereocenters. The highest BCUT2D eigenvalue weighted by molar-refractivity contribution is 5.71. The Morgan fingerprint density at radius 3 is 2.60 bits per heavy atom. The molecule has 0 amide bonds. The van der Waals surface area contributed by atoms with Gasteiger partial charge in [0.05, 0.1) is 5.69 Å². The van der Waals surface area contributed by atoms with E-state index < -0.39 is 12.1 Å².